The number of hydrogen-bond donors (Lipinski definition) is 1. The molecule has 1 saturated carbocycles. The van der Waals surface area contributed by atoms with Gasteiger partial charge in [0, 0.05) is 11.6 Å². The Hall–Kier alpha value is -1.06. The average molecular weight is 249 g/mol. The van der Waals surface area contributed by atoms with Crippen molar-refractivity contribution in [2.24, 2.45) is 5.73 Å². The fourth-order valence-electron chi connectivity index (χ4n) is 2.61. The number of hydrogen-bond acceptors (Lipinski definition) is 3. The summed E-state index contributed by atoms with van der Waals surface area (Å²) in [7, 11) is 1.69. The molecule has 0 radical (unpaired) electrons. The number of benzene rings is 1. The van der Waals surface area contributed by atoms with Crippen molar-refractivity contribution in [3.8, 4) is 5.75 Å². The van der Waals surface area contributed by atoms with Crippen LogP contribution in [0.4, 0.5) is 0 Å². The van der Waals surface area contributed by atoms with Crippen molar-refractivity contribution in [3.05, 3.63) is 29.8 Å². The summed E-state index contributed by atoms with van der Waals surface area (Å²) < 4.78 is 11.6. The van der Waals surface area contributed by atoms with Crippen LogP contribution in [0.1, 0.15) is 44.3 Å². The first-order valence-corrected chi connectivity index (χ1v) is 6.76. The summed E-state index contributed by atoms with van der Waals surface area (Å²) in [5.74, 6) is 0.859. The normalized spacial score (nSPS) is 19.7. The van der Waals surface area contributed by atoms with E-state index in [2.05, 4.69) is 0 Å². The first-order valence-electron chi connectivity index (χ1n) is 6.76. The third-order valence-electron chi connectivity index (χ3n) is 3.56. The van der Waals surface area contributed by atoms with Gasteiger partial charge in [0.2, 0.25) is 0 Å². The van der Waals surface area contributed by atoms with Gasteiger partial charge in [-0.25, -0.2) is 0 Å². The summed E-state index contributed by atoms with van der Waals surface area (Å²) in [6.45, 7) is 1.99. The van der Waals surface area contributed by atoms with E-state index in [0.717, 1.165) is 24.2 Å². The van der Waals surface area contributed by atoms with Gasteiger partial charge in [0.05, 0.1) is 13.2 Å². The van der Waals surface area contributed by atoms with Crippen LogP contribution < -0.4 is 10.5 Å². The Morgan fingerprint density at radius 2 is 1.89 bits per heavy atom. The van der Waals surface area contributed by atoms with Crippen LogP contribution in [0, 0.1) is 0 Å². The van der Waals surface area contributed by atoms with Crippen LogP contribution >= 0.6 is 0 Å². The quantitative estimate of drug-likeness (QED) is 0.872. The molecule has 2 atom stereocenters. The van der Waals surface area contributed by atoms with E-state index in [-0.39, 0.29) is 12.1 Å². The van der Waals surface area contributed by atoms with E-state index >= 15 is 0 Å². The highest BCUT2D eigenvalue weighted by Crippen LogP contribution is 2.33. The molecule has 1 aliphatic rings. The van der Waals surface area contributed by atoms with E-state index in [1.807, 2.05) is 31.2 Å². The zero-order valence-electron chi connectivity index (χ0n) is 11.3. The zero-order chi connectivity index (χ0) is 13.0. The second kappa shape index (κ2) is 6.21. The molecule has 0 saturated heterocycles. The molecule has 0 spiro atoms. The summed E-state index contributed by atoms with van der Waals surface area (Å²) >= 11 is 0. The molecule has 1 aliphatic carbocycles. The molecule has 0 heterocycles. The van der Waals surface area contributed by atoms with Gasteiger partial charge in [-0.1, -0.05) is 31.0 Å². The molecule has 1 aromatic carbocycles. The minimum atomic E-state index is -0.0794. The topological polar surface area (TPSA) is 44.5 Å². The minimum absolute atomic E-state index is 0.0399. The van der Waals surface area contributed by atoms with Gasteiger partial charge in [-0.3, -0.25) is 0 Å². The third-order valence-corrected chi connectivity index (χ3v) is 3.56. The van der Waals surface area contributed by atoms with Crippen LogP contribution in [-0.4, -0.2) is 19.3 Å². The Balaban J connectivity index is 2.17. The van der Waals surface area contributed by atoms with E-state index < -0.39 is 0 Å². The molecular weight excluding hydrogens is 226 g/mol. The summed E-state index contributed by atoms with van der Waals surface area (Å²) in [5.41, 5.74) is 7.15. The number of para-hydroxylation sites is 1. The van der Waals surface area contributed by atoms with Crippen LogP contribution in [0.5, 0.6) is 5.75 Å². The molecule has 0 aromatic heterocycles. The standard InChI is InChI=1S/C15H23NO2/c1-11(16)15(18-12-7-3-4-8-12)13-9-5-6-10-14(13)17-2/h5-6,9-12,15H,3-4,7-8,16H2,1-2H3. The van der Waals surface area contributed by atoms with Gasteiger partial charge in [-0.2, -0.15) is 0 Å². The maximum atomic E-state index is 6.20. The molecule has 2 unspecified atom stereocenters. The Morgan fingerprint density at radius 1 is 1.22 bits per heavy atom. The van der Waals surface area contributed by atoms with Gasteiger partial charge < -0.3 is 15.2 Å². The van der Waals surface area contributed by atoms with Crippen molar-refractivity contribution < 1.29 is 9.47 Å². The summed E-state index contributed by atoms with van der Waals surface area (Å²) in [4.78, 5) is 0. The van der Waals surface area contributed by atoms with Gasteiger partial charge in [0.25, 0.3) is 0 Å². The molecule has 1 fully saturated rings. The molecular formula is C15H23NO2. The lowest BCUT2D eigenvalue weighted by atomic mass is 10.0. The predicted molar refractivity (Wildman–Crippen MR) is 72.7 cm³/mol. The van der Waals surface area contributed by atoms with Crippen molar-refractivity contribution in [3.63, 3.8) is 0 Å². The zero-order valence-corrected chi connectivity index (χ0v) is 11.3. The first kappa shape index (κ1) is 13.4. The van der Waals surface area contributed by atoms with Gasteiger partial charge in [0.15, 0.2) is 0 Å². The third kappa shape index (κ3) is 3.03. The fraction of sp³-hybridized carbons (Fsp3) is 0.600. The van der Waals surface area contributed by atoms with E-state index in [1.54, 1.807) is 7.11 Å². The Kier molecular flexibility index (Phi) is 4.61. The highest BCUT2D eigenvalue weighted by Gasteiger charge is 2.26. The molecule has 3 heteroatoms. The number of ether oxygens (including phenoxy) is 2. The van der Waals surface area contributed by atoms with Gasteiger partial charge in [0.1, 0.15) is 11.9 Å². The van der Waals surface area contributed by atoms with Crippen molar-refractivity contribution >= 4 is 0 Å². The SMILES string of the molecule is COc1ccccc1C(OC1CCCC1)C(C)N. The Bertz CT molecular complexity index is 373. The van der Waals surface area contributed by atoms with Crippen molar-refractivity contribution in [2.45, 2.75) is 50.9 Å². The molecule has 0 amide bonds. The average Bonchev–Trinajstić information content (AvgIpc) is 2.88. The molecule has 0 bridgehead atoms. The number of nitrogens with two attached hydrogens (primary N) is 1. The first-order chi connectivity index (χ1) is 8.72. The molecule has 18 heavy (non-hydrogen) atoms. The van der Waals surface area contributed by atoms with E-state index in [4.69, 9.17) is 15.2 Å². The van der Waals surface area contributed by atoms with Gasteiger partial charge >= 0.3 is 0 Å². The molecule has 100 valence electrons. The second-order valence-corrected chi connectivity index (χ2v) is 5.06. The van der Waals surface area contributed by atoms with E-state index in [9.17, 15) is 0 Å². The highest BCUT2D eigenvalue weighted by molar-refractivity contribution is 5.35. The maximum Gasteiger partial charge on any atom is 0.124 e. The summed E-state index contributed by atoms with van der Waals surface area (Å²) in [6, 6.07) is 7.94. The maximum absolute atomic E-state index is 6.20. The monoisotopic (exact) mass is 249 g/mol. The lowest BCUT2D eigenvalue weighted by molar-refractivity contribution is -0.0212. The van der Waals surface area contributed by atoms with Gasteiger partial charge in [-0.15, -0.1) is 0 Å². The van der Waals surface area contributed by atoms with Crippen LogP contribution in [0.25, 0.3) is 0 Å². The minimum Gasteiger partial charge on any atom is -0.496 e. The summed E-state index contributed by atoms with van der Waals surface area (Å²) in [6.07, 6.45) is 5.11. The van der Waals surface area contributed by atoms with Crippen molar-refractivity contribution in [2.75, 3.05) is 7.11 Å². The van der Waals surface area contributed by atoms with E-state index in [0.29, 0.717) is 6.10 Å². The predicted octanol–water partition coefficient (Wildman–Crippen LogP) is 3.04. The molecule has 3 nitrogen and oxygen atoms in total. The number of rotatable bonds is 5. The van der Waals surface area contributed by atoms with Gasteiger partial charge in [-0.05, 0) is 25.8 Å². The number of methoxy groups -OCH3 is 1. The van der Waals surface area contributed by atoms with Crippen molar-refractivity contribution in [1.29, 1.82) is 0 Å². The van der Waals surface area contributed by atoms with E-state index in [1.165, 1.54) is 12.8 Å². The second-order valence-electron chi connectivity index (χ2n) is 5.06. The van der Waals surface area contributed by atoms with Crippen LogP contribution in [-0.2, 0) is 4.74 Å². The molecule has 1 aromatic rings. The Morgan fingerprint density at radius 3 is 2.50 bits per heavy atom. The lowest BCUT2D eigenvalue weighted by Gasteiger charge is -2.26. The highest BCUT2D eigenvalue weighted by atomic mass is 16.5. The smallest absolute Gasteiger partial charge is 0.124 e. The van der Waals surface area contributed by atoms with Crippen LogP contribution in [0.15, 0.2) is 24.3 Å². The lowest BCUT2D eigenvalue weighted by Crippen LogP contribution is -2.30. The molecule has 2 rings (SSSR count). The fourth-order valence-corrected chi connectivity index (χ4v) is 2.61. The Labute approximate surface area is 109 Å². The van der Waals surface area contributed by atoms with Crippen LogP contribution in [0.3, 0.4) is 0 Å². The largest absolute Gasteiger partial charge is 0.496 e. The molecule has 0 aliphatic heterocycles. The molecule has 2 N–H and O–H groups in total. The van der Waals surface area contributed by atoms with Crippen LogP contribution in [0.2, 0.25) is 0 Å². The van der Waals surface area contributed by atoms with Crippen molar-refractivity contribution in [1.82, 2.24) is 0 Å². The summed E-state index contributed by atoms with van der Waals surface area (Å²) in [5, 5.41) is 0.